The van der Waals surface area contributed by atoms with Crippen LogP contribution in [0, 0.1) is 0 Å². The van der Waals surface area contributed by atoms with Crippen LogP contribution in [-0.2, 0) is 16.1 Å². The van der Waals surface area contributed by atoms with Gasteiger partial charge in [0, 0.05) is 56.6 Å². The number of alkyl halides is 1. The third-order valence-electron chi connectivity index (χ3n) is 5.01. The lowest BCUT2D eigenvalue weighted by Gasteiger charge is -2.30. The summed E-state index contributed by atoms with van der Waals surface area (Å²) in [6.45, 7) is 5.54. The van der Waals surface area contributed by atoms with Gasteiger partial charge in [-0.05, 0) is 24.9 Å². The van der Waals surface area contributed by atoms with Crippen LogP contribution in [0.1, 0.15) is 17.7 Å². The quantitative estimate of drug-likeness (QED) is 0.735. The fraction of sp³-hybridized carbons (Fsp3) is 0.722. The second-order valence-corrected chi connectivity index (χ2v) is 8.03. The number of carbonyl (C=O) groups excluding carboxylic acids is 1. The highest BCUT2D eigenvalue weighted by molar-refractivity contribution is 7.09. The lowest BCUT2D eigenvalue weighted by atomic mass is 10.2. The maximum Gasteiger partial charge on any atom is 0.224 e. The van der Waals surface area contributed by atoms with Crippen molar-refractivity contribution >= 4 is 17.2 Å². The molecule has 0 N–H and O–H groups in total. The number of thiophene rings is 1. The van der Waals surface area contributed by atoms with E-state index in [9.17, 15) is 9.18 Å². The Balaban J connectivity index is 1.44. The Labute approximate surface area is 153 Å². The van der Waals surface area contributed by atoms with E-state index < -0.39 is 6.17 Å². The molecular formula is C18H28FN3O2S. The van der Waals surface area contributed by atoms with Crippen LogP contribution >= 0.6 is 11.3 Å². The molecule has 0 bridgehead atoms. The van der Waals surface area contributed by atoms with Gasteiger partial charge in [-0.3, -0.25) is 9.69 Å². The van der Waals surface area contributed by atoms with E-state index in [2.05, 4.69) is 21.2 Å². The van der Waals surface area contributed by atoms with Gasteiger partial charge in [0.05, 0.1) is 13.2 Å². The lowest BCUT2D eigenvalue weighted by molar-refractivity contribution is -0.135. The predicted molar refractivity (Wildman–Crippen MR) is 97.5 cm³/mol. The topological polar surface area (TPSA) is 36.0 Å². The molecule has 0 spiro atoms. The van der Waals surface area contributed by atoms with Crippen molar-refractivity contribution in [1.29, 1.82) is 0 Å². The molecule has 5 nitrogen and oxygen atoms in total. The summed E-state index contributed by atoms with van der Waals surface area (Å²) in [5, 5.41) is 2.07. The van der Waals surface area contributed by atoms with Gasteiger partial charge >= 0.3 is 0 Å². The molecule has 0 saturated carbocycles. The van der Waals surface area contributed by atoms with Crippen LogP contribution in [0.5, 0.6) is 0 Å². The third kappa shape index (κ3) is 5.48. The second-order valence-electron chi connectivity index (χ2n) is 7.00. The molecule has 3 heterocycles. The summed E-state index contributed by atoms with van der Waals surface area (Å²) in [6, 6.07) is 4.37. The van der Waals surface area contributed by atoms with Gasteiger partial charge < -0.3 is 14.5 Å². The van der Waals surface area contributed by atoms with E-state index in [-0.39, 0.29) is 11.9 Å². The van der Waals surface area contributed by atoms with Crippen molar-refractivity contribution < 1.29 is 13.9 Å². The maximum atomic E-state index is 13.9. The Morgan fingerprint density at radius 2 is 2.24 bits per heavy atom. The highest BCUT2D eigenvalue weighted by atomic mass is 32.1. The SMILES string of the molecule is CN(CCC(=O)N1CCOCC1)C[C@@H]1C[C@H](F)CN1Cc1cccs1. The molecule has 0 aliphatic carbocycles. The molecule has 1 aromatic heterocycles. The van der Waals surface area contributed by atoms with Gasteiger partial charge in [-0.2, -0.15) is 0 Å². The Morgan fingerprint density at radius 3 is 2.96 bits per heavy atom. The zero-order valence-electron chi connectivity index (χ0n) is 14.9. The van der Waals surface area contributed by atoms with Gasteiger partial charge in [0.25, 0.3) is 0 Å². The molecule has 0 unspecified atom stereocenters. The van der Waals surface area contributed by atoms with Gasteiger partial charge in [0.1, 0.15) is 6.17 Å². The van der Waals surface area contributed by atoms with Crippen LogP contribution in [0.2, 0.25) is 0 Å². The number of carbonyl (C=O) groups is 1. The van der Waals surface area contributed by atoms with Gasteiger partial charge in [0.2, 0.25) is 5.91 Å². The van der Waals surface area contributed by atoms with E-state index in [1.54, 1.807) is 11.3 Å². The van der Waals surface area contributed by atoms with Crippen molar-refractivity contribution in [1.82, 2.24) is 14.7 Å². The molecule has 2 aliphatic heterocycles. The summed E-state index contributed by atoms with van der Waals surface area (Å²) in [6.07, 6.45) is 0.369. The maximum absolute atomic E-state index is 13.9. The summed E-state index contributed by atoms with van der Waals surface area (Å²) < 4.78 is 19.2. The van der Waals surface area contributed by atoms with Crippen molar-refractivity contribution in [3.63, 3.8) is 0 Å². The van der Waals surface area contributed by atoms with Crippen LogP contribution in [0.15, 0.2) is 17.5 Å². The van der Waals surface area contributed by atoms with Crippen LogP contribution in [0.25, 0.3) is 0 Å². The molecule has 7 heteroatoms. The van der Waals surface area contributed by atoms with Crippen molar-refractivity contribution in [3.8, 4) is 0 Å². The highest BCUT2D eigenvalue weighted by Gasteiger charge is 2.32. The summed E-state index contributed by atoms with van der Waals surface area (Å²) in [5.41, 5.74) is 0. The molecule has 2 saturated heterocycles. The number of hydrogen-bond donors (Lipinski definition) is 0. The first-order valence-corrected chi connectivity index (χ1v) is 9.94. The van der Waals surface area contributed by atoms with E-state index in [1.807, 2.05) is 18.0 Å². The number of ether oxygens (including phenoxy) is 1. The number of halogens is 1. The second kappa shape index (κ2) is 9.07. The minimum Gasteiger partial charge on any atom is -0.378 e. The summed E-state index contributed by atoms with van der Waals surface area (Å²) in [7, 11) is 2.03. The van der Waals surface area contributed by atoms with Crippen molar-refractivity contribution in [2.45, 2.75) is 31.6 Å². The van der Waals surface area contributed by atoms with E-state index in [0.29, 0.717) is 45.7 Å². The van der Waals surface area contributed by atoms with E-state index >= 15 is 0 Å². The molecule has 140 valence electrons. The van der Waals surface area contributed by atoms with E-state index in [0.717, 1.165) is 19.6 Å². The van der Waals surface area contributed by atoms with Crippen molar-refractivity contribution in [3.05, 3.63) is 22.4 Å². The molecule has 2 aliphatic rings. The van der Waals surface area contributed by atoms with Gasteiger partial charge in [-0.25, -0.2) is 4.39 Å². The minimum absolute atomic E-state index is 0.195. The van der Waals surface area contributed by atoms with Crippen molar-refractivity contribution in [2.24, 2.45) is 0 Å². The molecule has 2 atom stereocenters. The largest absolute Gasteiger partial charge is 0.378 e. The smallest absolute Gasteiger partial charge is 0.224 e. The number of likely N-dealkylation sites (tertiary alicyclic amines) is 1. The molecule has 1 aromatic rings. The first-order valence-electron chi connectivity index (χ1n) is 9.06. The first-order chi connectivity index (χ1) is 12.1. The standard InChI is InChI=1S/C18H28FN3O2S/c1-20(5-4-18(23)21-6-8-24-9-7-21)13-16-11-15(19)12-22(16)14-17-3-2-10-25-17/h2-3,10,15-16H,4-9,11-14H2,1H3/t15-,16-/m0/s1. The van der Waals surface area contributed by atoms with Crippen LogP contribution in [-0.4, -0.2) is 85.8 Å². The fourth-order valence-corrected chi connectivity index (χ4v) is 4.35. The van der Waals surface area contributed by atoms with E-state index in [1.165, 1.54) is 4.88 Å². The van der Waals surface area contributed by atoms with Gasteiger partial charge in [-0.1, -0.05) is 6.07 Å². The summed E-state index contributed by atoms with van der Waals surface area (Å²) in [5.74, 6) is 0.195. The number of amides is 1. The van der Waals surface area contributed by atoms with Crippen LogP contribution < -0.4 is 0 Å². The number of nitrogens with zero attached hydrogens (tertiary/aromatic N) is 3. The molecule has 0 aromatic carbocycles. The van der Waals surface area contributed by atoms with Gasteiger partial charge in [-0.15, -0.1) is 11.3 Å². The number of hydrogen-bond acceptors (Lipinski definition) is 5. The third-order valence-corrected chi connectivity index (χ3v) is 5.87. The average Bonchev–Trinajstić information content (AvgIpc) is 3.24. The zero-order valence-corrected chi connectivity index (χ0v) is 15.7. The minimum atomic E-state index is -0.742. The monoisotopic (exact) mass is 369 g/mol. The van der Waals surface area contributed by atoms with Crippen LogP contribution in [0.3, 0.4) is 0 Å². The Bertz CT molecular complexity index is 536. The fourth-order valence-electron chi connectivity index (χ4n) is 3.62. The average molecular weight is 370 g/mol. The van der Waals surface area contributed by atoms with Crippen LogP contribution in [0.4, 0.5) is 4.39 Å². The Hall–Kier alpha value is -1.02. The van der Waals surface area contributed by atoms with E-state index in [4.69, 9.17) is 4.74 Å². The zero-order chi connectivity index (χ0) is 17.6. The highest BCUT2D eigenvalue weighted by Crippen LogP contribution is 2.24. The lowest BCUT2D eigenvalue weighted by Crippen LogP contribution is -2.43. The molecular weight excluding hydrogens is 341 g/mol. The Kier molecular flexibility index (Phi) is 6.81. The molecule has 0 radical (unpaired) electrons. The number of likely N-dealkylation sites (N-methyl/N-ethyl adjacent to an activating group) is 1. The number of morpholine rings is 1. The van der Waals surface area contributed by atoms with Gasteiger partial charge in [0.15, 0.2) is 0 Å². The number of rotatable bonds is 7. The molecule has 25 heavy (non-hydrogen) atoms. The molecule has 3 rings (SSSR count). The van der Waals surface area contributed by atoms with Crippen molar-refractivity contribution in [2.75, 3.05) is 53.0 Å². The summed E-state index contributed by atoms with van der Waals surface area (Å²) in [4.78, 5) is 19.8. The first kappa shape index (κ1) is 18.8. The molecule has 1 amide bonds. The Morgan fingerprint density at radius 1 is 1.44 bits per heavy atom. The molecule has 2 fully saturated rings. The predicted octanol–water partition coefficient (Wildman–Crippen LogP) is 1.84. The summed E-state index contributed by atoms with van der Waals surface area (Å²) >= 11 is 1.72. The normalized spacial score (nSPS) is 25.0.